The van der Waals surface area contributed by atoms with Crippen LogP contribution in [0.25, 0.3) is 39.0 Å². The summed E-state index contributed by atoms with van der Waals surface area (Å²) in [5.41, 5.74) is 3.58. The van der Waals surface area contributed by atoms with E-state index in [9.17, 15) is 15.2 Å². The lowest BCUT2D eigenvalue weighted by Gasteiger charge is -2.15. The molecule has 0 saturated heterocycles. The summed E-state index contributed by atoms with van der Waals surface area (Å²) in [4.78, 5) is 20.8. The molecule has 0 atom stereocenters. The van der Waals surface area contributed by atoms with Crippen molar-refractivity contribution >= 4 is 17.0 Å². The predicted molar refractivity (Wildman–Crippen MR) is 143 cm³/mol. The van der Waals surface area contributed by atoms with Crippen LogP contribution in [0.3, 0.4) is 0 Å². The van der Waals surface area contributed by atoms with Gasteiger partial charge in [-0.2, -0.15) is 5.26 Å². The van der Waals surface area contributed by atoms with Crippen LogP contribution in [0.2, 0.25) is 0 Å². The van der Waals surface area contributed by atoms with Gasteiger partial charge >= 0.3 is 5.97 Å². The van der Waals surface area contributed by atoms with Crippen molar-refractivity contribution in [3.05, 3.63) is 71.3 Å². The smallest absolute Gasteiger partial charge is 0.354 e. The third kappa shape index (κ3) is 4.49. The van der Waals surface area contributed by atoms with E-state index in [1.165, 1.54) is 18.2 Å². The van der Waals surface area contributed by atoms with E-state index < -0.39 is 11.8 Å². The molecule has 0 fully saturated rings. The summed E-state index contributed by atoms with van der Waals surface area (Å²) in [6.07, 6.45) is 3.32. The van der Waals surface area contributed by atoms with E-state index in [1.54, 1.807) is 37.7 Å². The summed E-state index contributed by atoms with van der Waals surface area (Å²) in [5, 5.41) is 23.5. The number of halogens is 1. The number of carboxylic acid groups (broad SMARTS) is 1. The summed E-state index contributed by atoms with van der Waals surface area (Å²) in [6.45, 7) is 7.60. The van der Waals surface area contributed by atoms with E-state index in [2.05, 4.69) is 15.1 Å². The molecule has 0 aliphatic rings. The maximum atomic E-state index is 15.3. The van der Waals surface area contributed by atoms with Gasteiger partial charge in [0.05, 0.1) is 41.8 Å². The highest BCUT2D eigenvalue weighted by Gasteiger charge is 2.26. The highest BCUT2D eigenvalue weighted by atomic mass is 19.1. The van der Waals surface area contributed by atoms with Gasteiger partial charge in [0.15, 0.2) is 5.69 Å². The molecule has 0 bridgehead atoms. The Hall–Kier alpha value is -5.24. The number of carboxylic acids is 1. The van der Waals surface area contributed by atoms with Gasteiger partial charge in [-0.3, -0.25) is 4.57 Å². The molecule has 4 heterocycles. The van der Waals surface area contributed by atoms with Gasteiger partial charge < -0.3 is 19.1 Å². The molecule has 0 aliphatic carbocycles. The molecular weight excluding hydrogens is 517 g/mol. The number of aryl methyl sites for hydroxylation is 2. The summed E-state index contributed by atoms with van der Waals surface area (Å²) in [7, 11) is 0. The van der Waals surface area contributed by atoms with Gasteiger partial charge in [-0.05, 0) is 52.0 Å². The number of pyridine rings is 2. The molecule has 40 heavy (non-hydrogen) atoms. The Kier molecular flexibility index (Phi) is 6.92. The number of benzene rings is 1. The lowest BCUT2D eigenvalue weighted by atomic mass is 10.0. The number of carbonyl (C=O) groups is 1. The first-order valence-electron chi connectivity index (χ1n) is 12.5. The highest BCUT2D eigenvalue weighted by Crippen LogP contribution is 2.44. The van der Waals surface area contributed by atoms with Crippen LogP contribution >= 0.6 is 0 Å². The third-order valence-electron chi connectivity index (χ3n) is 6.32. The molecule has 0 amide bonds. The Labute approximate surface area is 228 Å². The van der Waals surface area contributed by atoms with Gasteiger partial charge in [0.2, 0.25) is 5.88 Å². The van der Waals surface area contributed by atoms with Crippen molar-refractivity contribution in [2.45, 2.75) is 27.7 Å². The number of aromatic nitrogens is 4. The number of rotatable bonds is 8. The van der Waals surface area contributed by atoms with Crippen LogP contribution in [0.5, 0.6) is 11.6 Å². The van der Waals surface area contributed by atoms with Crippen molar-refractivity contribution in [3.8, 4) is 45.6 Å². The highest BCUT2D eigenvalue weighted by molar-refractivity contribution is 6.01. The molecule has 10 nitrogen and oxygen atoms in total. The van der Waals surface area contributed by atoms with Gasteiger partial charge in [-0.1, -0.05) is 5.16 Å². The maximum absolute atomic E-state index is 15.3. The van der Waals surface area contributed by atoms with Crippen molar-refractivity contribution in [2.24, 2.45) is 0 Å². The zero-order chi connectivity index (χ0) is 28.6. The SMILES string of the molecule is CCOc1cc(C(=O)O)nc(OCC)c1-c1cn(-c2ccc(C#N)cc2F)c2ncc(-c3c(C)noc3C)cc12. The van der Waals surface area contributed by atoms with Crippen molar-refractivity contribution in [1.29, 1.82) is 5.26 Å². The molecule has 11 heteroatoms. The van der Waals surface area contributed by atoms with Gasteiger partial charge in [-0.15, -0.1) is 0 Å². The second kappa shape index (κ2) is 10.5. The maximum Gasteiger partial charge on any atom is 0.354 e. The first kappa shape index (κ1) is 26.4. The molecule has 1 N–H and O–H groups in total. The molecule has 202 valence electrons. The first-order valence-corrected chi connectivity index (χ1v) is 12.5. The lowest BCUT2D eigenvalue weighted by molar-refractivity contribution is 0.0688. The van der Waals surface area contributed by atoms with Crippen LogP contribution in [-0.2, 0) is 0 Å². The second-order valence-corrected chi connectivity index (χ2v) is 8.84. The summed E-state index contributed by atoms with van der Waals surface area (Å²) in [5.74, 6) is -0.963. The second-order valence-electron chi connectivity index (χ2n) is 8.84. The molecule has 0 spiro atoms. The molecule has 5 aromatic rings. The number of hydrogen-bond donors (Lipinski definition) is 1. The monoisotopic (exact) mass is 541 g/mol. The number of ether oxygens (including phenoxy) is 2. The van der Waals surface area contributed by atoms with Crippen molar-refractivity contribution in [2.75, 3.05) is 13.2 Å². The minimum absolute atomic E-state index is 0.0490. The van der Waals surface area contributed by atoms with Gasteiger partial charge in [0.25, 0.3) is 0 Å². The molecule has 5 rings (SSSR count). The Bertz CT molecular complexity index is 1770. The number of hydrogen-bond acceptors (Lipinski definition) is 8. The van der Waals surface area contributed by atoms with E-state index in [1.807, 2.05) is 19.1 Å². The molecule has 0 aliphatic heterocycles. The van der Waals surface area contributed by atoms with Gasteiger partial charge in [-0.25, -0.2) is 19.2 Å². The fourth-order valence-corrected chi connectivity index (χ4v) is 4.66. The largest absolute Gasteiger partial charge is 0.493 e. The van der Waals surface area contributed by atoms with Crippen LogP contribution in [-0.4, -0.2) is 44.0 Å². The fourth-order valence-electron chi connectivity index (χ4n) is 4.66. The molecule has 1 aromatic carbocycles. The quantitative estimate of drug-likeness (QED) is 0.256. The Morgan fingerprint density at radius 2 is 1.93 bits per heavy atom. The number of nitrogens with zero attached hydrogens (tertiary/aromatic N) is 5. The normalized spacial score (nSPS) is 11.0. The number of fused-ring (bicyclic) bond motifs is 1. The van der Waals surface area contributed by atoms with E-state index in [0.29, 0.717) is 39.2 Å². The minimum Gasteiger partial charge on any atom is -0.493 e. The van der Waals surface area contributed by atoms with E-state index in [0.717, 1.165) is 11.6 Å². The fraction of sp³-hybridized carbons (Fsp3) is 0.207. The molecule has 0 saturated carbocycles. The van der Waals surface area contributed by atoms with Crippen LogP contribution in [0.1, 0.15) is 41.4 Å². The van der Waals surface area contributed by atoms with Crippen LogP contribution in [0.4, 0.5) is 4.39 Å². The average molecular weight is 542 g/mol. The summed E-state index contributed by atoms with van der Waals surface area (Å²) < 4.78 is 33.9. The minimum atomic E-state index is -1.24. The van der Waals surface area contributed by atoms with Crippen molar-refractivity contribution in [3.63, 3.8) is 0 Å². The van der Waals surface area contributed by atoms with E-state index in [-0.39, 0.29) is 41.8 Å². The zero-order valence-electron chi connectivity index (χ0n) is 22.1. The first-order chi connectivity index (χ1) is 19.3. The molecule has 0 radical (unpaired) electrons. The number of aromatic carboxylic acids is 1. The van der Waals surface area contributed by atoms with Crippen molar-refractivity contribution in [1.82, 2.24) is 19.7 Å². The Morgan fingerprint density at radius 1 is 1.15 bits per heavy atom. The van der Waals surface area contributed by atoms with Crippen LogP contribution in [0.15, 0.2) is 47.2 Å². The number of nitriles is 1. The van der Waals surface area contributed by atoms with Gasteiger partial charge in [0, 0.05) is 40.5 Å². The predicted octanol–water partition coefficient (Wildman–Crippen LogP) is 5.87. The molecule has 0 unspecified atom stereocenters. The lowest BCUT2D eigenvalue weighted by Crippen LogP contribution is -2.07. The topological polar surface area (TPSA) is 136 Å². The molecular formula is C29H24FN5O5. The standard InChI is InChI=1S/C29H24FN5O5/c1-5-38-24-11-22(29(36)37)33-28(39-6-2)26(24)20-14-35(23-8-7-17(12-31)9-21(23)30)27-19(20)10-18(13-32-27)25-15(3)34-40-16(25)4/h7-11,13-14H,5-6H2,1-4H3,(H,36,37). The zero-order valence-corrected chi connectivity index (χ0v) is 22.1. The average Bonchev–Trinajstić information content (AvgIpc) is 3.47. The van der Waals surface area contributed by atoms with E-state index >= 15 is 4.39 Å². The third-order valence-corrected chi connectivity index (χ3v) is 6.32. The summed E-state index contributed by atoms with van der Waals surface area (Å²) in [6, 6.07) is 9.31. The summed E-state index contributed by atoms with van der Waals surface area (Å²) >= 11 is 0. The Morgan fingerprint density at radius 3 is 2.55 bits per heavy atom. The van der Waals surface area contributed by atoms with E-state index in [4.69, 9.17) is 14.0 Å². The van der Waals surface area contributed by atoms with Crippen molar-refractivity contribution < 1.29 is 28.3 Å². The van der Waals surface area contributed by atoms with Crippen LogP contribution in [0, 0.1) is 31.0 Å². The Balaban J connectivity index is 1.88. The van der Waals surface area contributed by atoms with Gasteiger partial charge in [0.1, 0.15) is 23.0 Å². The van der Waals surface area contributed by atoms with Crippen LogP contribution < -0.4 is 9.47 Å². The molecule has 4 aromatic heterocycles.